The third-order valence-corrected chi connectivity index (χ3v) is 21.9. The number of benzene rings is 6. The minimum absolute atomic E-state index is 0.0356. The van der Waals surface area contributed by atoms with Crippen LogP contribution in [0.15, 0.2) is 118 Å². The van der Waals surface area contributed by atoms with Gasteiger partial charge in [0.05, 0.1) is 43.0 Å². The van der Waals surface area contributed by atoms with E-state index in [1.807, 2.05) is 9.80 Å². The Morgan fingerprint density at radius 3 is 1.72 bits per heavy atom. The summed E-state index contributed by atoms with van der Waals surface area (Å²) in [5, 5.41) is 74.3. The van der Waals surface area contributed by atoms with Crippen LogP contribution in [0, 0.1) is 11.8 Å². The molecule has 1 aromatic heterocycles. The molecule has 42 heteroatoms. The summed E-state index contributed by atoms with van der Waals surface area (Å²) in [6.07, 6.45) is 1.70. The summed E-state index contributed by atoms with van der Waals surface area (Å²) in [4.78, 5) is 219. The largest absolute Gasteiger partial charge is 0.508 e. The number of aliphatic hydroxyl groups is 1. The number of carboxylic acid groups (broad SMARTS) is 2. The molecule has 42 nitrogen and oxygen atoms in total. The fourth-order valence-corrected chi connectivity index (χ4v) is 15.1. The number of primary amides is 2. The van der Waals surface area contributed by atoms with E-state index in [1.54, 1.807) is 24.3 Å². The number of hydrogen-bond donors (Lipinski definition) is 20. The van der Waals surface area contributed by atoms with Crippen LogP contribution in [0.5, 0.6) is 11.5 Å². The molecule has 5 atom stereocenters. The maximum absolute atomic E-state index is 14.2. The first-order chi connectivity index (χ1) is 61.0. The van der Waals surface area contributed by atoms with Gasteiger partial charge >= 0.3 is 11.9 Å². The van der Waals surface area contributed by atoms with E-state index in [-0.39, 0.29) is 193 Å². The number of anilines is 8. The lowest BCUT2D eigenvalue weighted by atomic mass is 9.90. The predicted octanol–water partition coefficient (Wildman–Crippen LogP) is 1.54. The number of fused-ring (bicyclic) bond motifs is 5. The average molecular weight is 1750 g/mol. The van der Waals surface area contributed by atoms with E-state index in [0.29, 0.717) is 54.3 Å². The van der Waals surface area contributed by atoms with Crippen LogP contribution in [-0.4, -0.2) is 214 Å². The molecule has 0 unspecified atom stereocenters. The van der Waals surface area contributed by atoms with Crippen LogP contribution < -0.4 is 107 Å². The van der Waals surface area contributed by atoms with Crippen molar-refractivity contribution in [2.45, 2.75) is 120 Å². The van der Waals surface area contributed by atoms with Crippen LogP contribution in [0.3, 0.4) is 0 Å². The Labute approximate surface area is 723 Å². The Morgan fingerprint density at radius 2 is 1.12 bits per heavy atom. The molecule has 6 heterocycles. The molecule has 2 fully saturated rings. The standard InChI is InChI=1S/C85H97N21O21/c86-26-3-1-5-60-78(120)96-59(73(89)115)25-32-126-65-19-11-48(36-57(65)77(119)97-62(80(122)98-60)18-20-70(112)113)94-69(111)41-92-75(117)44-23-30-106(31-24-44)85-103-83(95-49-9-14-52(55(34-49)82(124)125)71-53-15-12-50(108)37-66(53)127-67-38-51(109)13-16-54(67)71)102-84(104-85)105-28-21-43(22-29-105)74(116)91-40-68(110)93-47-10-17-58-56(35-47)76(118)101-64(42-107)81(123)99-61(6-2-4-27-87)79(121)100-63-33-45(72(88)114)7-8-46(63)39-90-58/h7-17,19,33-38,43-44,59-62,64,90,107-108H,1-6,18,20-32,39-42,86-87H2,(H2,88,114)(H2,89,115)(H,91,116)(H,92,117)(H,93,110)(H,94,111)(H,96,120)(H,97,119)(H,98,122)(H,99,123)(H,100,121)(H,101,118)(H,112,113)(H,124,125)(H,95,102,103,104)/t59-,60-,61-,62-,64-/m0/s1. The van der Waals surface area contributed by atoms with Crippen molar-refractivity contribution >= 4 is 140 Å². The molecule has 6 aromatic rings. The Hall–Kier alpha value is -14.9. The van der Waals surface area contributed by atoms with E-state index in [2.05, 4.69) is 63.8 Å². The van der Waals surface area contributed by atoms with Gasteiger partial charge in [-0.1, -0.05) is 12.1 Å². The highest BCUT2D eigenvalue weighted by Crippen LogP contribution is 2.43. The number of piperidine rings is 2. The number of ether oxygens (including phenoxy) is 1. The summed E-state index contributed by atoms with van der Waals surface area (Å²) in [5.74, 6) is -12.8. The van der Waals surface area contributed by atoms with Gasteiger partial charge in [0.15, 0.2) is 5.43 Å². The van der Waals surface area contributed by atoms with Crippen LogP contribution in [0.4, 0.5) is 46.3 Å². The summed E-state index contributed by atoms with van der Waals surface area (Å²) < 4.78 is 12.0. The third-order valence-electron chi connectivity index (χ3n) is 21.9. The molecule has 668 valence electrons. The number of aromatic carboxylic acids is 1. The Morgan fingerprint density at radius 1 is 0.543 bits per heavy atom. The van der Waals surface area contributed by atoms with Crippen LogP contribution in [0.2, 0.25) is 0 Å². The van der Waals surface area contributed by atoms with E-state index in [1.165, 1.54) is 84.9 Å². The number of nitrogens with one attached hydrogen (secondary N) is 12. The summed E-state index contributed by atoms with van der Waals surface area (Å²) in [5.41, 5.74) is 24.2. The van der Waals surface area contributed by atoms with Gasteiger partial charge in [-0.25, -0.2) is 4.79 Å². The number of rotatable bonds is 28. The van der Waals surface area contributed by atoms with Crippen molar-refractivity contribution in [3.05, 3.63) is 147 Å². The third kappa shape index (κ3) is 23.5. The molecule has 127 heavy (non-hydrogen) atoms. The van der Waals surface area contributed by atoms with Crippen molar-refractivity contribution < 1.29 is 96.7 Å². The Kier molecular flexibility index (Phi) is 30.2. The average Bonchev–Trinajstić information content (AvgIpc) is 0.745. The van der Waals surface area contributed by atoms with Gasteiger partial charge in [-0.3, -0.25) is 67.1 Å². The zero-order chi connectivity index (χ0) is 90.7. The van der Waals surface area contributed by atoms with Gasteiger partial charge in [0.1, 0.15) is 53.1 Å². The first kappa shape index (κ1) is 91.3. The van der Waals surface area contributed by atoms with Crippen LogP contribution in [0.1, 0.15) is 130 Å². The molecule has 0 saturated carbocycles. The number of carbonyl (C=O) groups excluding carboxylic acids is 12. The molecule has 6 aliphatic rings. The van der Waals surface area contributed by atoms with E-state index < -0.39 is 157 Å². The van der Waals surface area contributed by atoms with Crippen LogP contribution in [-0.2, 0) is 54.5 Å². The number of amides is 12. The number of unbranched alkanes of at least 4 members (excludes halogenated alkanes) is 2. The number of hydrogen-bond acceptors (Lipinski definition) is 28. The number of aromatic hydroxyl groups is 1. The number of nitrogens with two attached hydrogens (primary N) is 4. The lowest BCUT2D eigenvalue weighted by Gasteiger charge is -2.34. The zero-order valence-corrected chi connectivity index (χ0v) is 68.7. The SMILES string of the molecule is NCCCC[C@@H]1NC(=O)[C@H](CO)NC(=O)c2cc(NC(=O)CNC(=O)C3CCN(c4nc(Nc5ccc(-c6c7ccc(=O)cc-7oc7cc(O)ccc67)c(C(=O)O)c5)nc(N5CCC(C(=O)NCC(=O)Nc6ccc7c(c6)C(=O)N[C@@H](CCC(=O)O)C(=O)N[C@@H](CCCCN)C(=O)N[C@H](C(N)=O)CCO7)CC5)n4)CC3)ccc2NCc2ccc(C(N)=O)cc2NC1=O. The molecule has 12 amide bonds. The molecule has 0 bridgehead atoms. The number of aromatic nitrogens is 3. The van der Waals surface area contributed by atoms with Gasteiger partial charge in [0.25, 0.3) is 11.8 Å². The minimum atomic E-state index is -1.56. The van der Waals surface area contributed by atoms with Gasteiger partial charge in [-0.2, -0.15) is 15.0 Å². The highest BCUT2D eigenvalue weighted by molar-refractivity contribution is 6.10. The molecule has 0 radical (unpaired) electrons. The second-order valence-corrected chi connectivity index (χ2v) is 30.8. The second kappa shape index (κ2) is 42.0. The topological polar surface area (TPSA) is 653 Å². The molecular formula is C85H97N21O21. The van der Waals surface area contributed by atoms with E-state index in [4.69, 9.17) is 47.0 Å². The molecule has 12 rings (SSSR count). The lowest BCUT2D eigenvalue weighted by Crippen LogP contribution is -2.56. The highest BCUT2D eigenvalue weighted by atomic mass is 16.5. The number of phenols is 1. The number of aliphatic carboxylic acids is 1. The van der Waals surface area contributed by atoms with Crippen molar-refractivity contribution in [3.8, 4) is 33.9 Å². The summed E-state index contributed by atoms with van der Waals surface area (Å²) in [6, 6.07) is 18.8. The summed E-state index contributed by atoms with van der Waals surface area (Å²) >= 11 is 0. The van der Waals surface area contributed by atoms with Crippen molar-refractivity contribution in [3.63, 3.8) is 0 Å². The molecular weight excluding hydrogens is 1650 g/mol. The number of nitrogens with zero attached hydrogens (tertiary/aromatic N) is 5. The monoisotopic (exact) mass is 1750 g/mol. The van der Waals surface area contributed by atoms with Crippen LogP contribution >= 0.6 is 0 Å². The van der Waals surface area contributed by atoms with Crippen molar-refractivity contribution in [1.82, 2.24) is 52.2 Å². The van der Waals surface area contributed by atoms with E-state index in [9.17, 15) is 92.3 Å². The van der Waals surface area contributed by atoms with Gasteiger partial charge < -0.3 is 126 Å². The summed E-state index contributed by atoms with van der Waals surface area (Å²) in [6.45, 7) is -0.911. The molecule has 2 saturated heterocycles. The van der Waals surface area contributed by atoms with Crippen molar-refractivity contribution in [2.24, 2.45) is 34.8 Å². The molecule has 24 N–H and O–H groups in total. The normalized spacial score (nSPS) is 18.0. The summed E-state index contributed by atoms with van der Waals surface area (Å²) in [7, 11) is 0. The maximum atomic E-state index is 14.2. The van der Waals surface area contributed by atoms with Gasteiger partial charge in [-0.05, 0) is 180 Å². The smallest absolute Gasteiger partial charge is 0.336 e. The Bertz CT molecular complexity index is 5600. The number of aliphatic hydroxyl groups excluding tert-OH is 1. The van der Waals surface area contributed by atoms with Crippen molar-refractivity contribution in [2.75, 3.05) is 102 Å². The molecule has 5 aliphatic heterocycles. The zero-order valence-electron chi connectivity index (χ0n) is 68.7. The van der Waals surface area contributed by atoms with Gasteiger partial charge in [0, 0.05) is 120 Å². The maximum Gasteiger partial charge on any atom is 0.336 e. The van der Waals surface area contributed by atoms with Crippen molar-refractivity contribution in [1.29, 1.82) is 0 Å². The van der Waals surface area contributed by atoms with E-state index >= 15 is 0 Å². The van der Waals surface area contributed by atoms with Crippen LogP contribution in [0.25, 0.3) is 33.4 Å². The fraction of sp³-hybridized carbons (Fsp3) is 0.365. The first-order valence-corrected chi connectivity index (χ1v) is 41.2. The quantitative estimate of drug-likeness (QED) is 0.0244. The van der Waals surface area contributed by atoms with Gasteiger partial charge in [0.2, 0.25) is 76.9 Å². The Balaban J connectivity index is 0.726. The van der Waals surface area contributed by atoms with Gasteiger partial charge in [-0.15, -0.1) is 0 Å². The second-order valence-electron chi connectivity index (χ2n) is 30.8. The number of carbonyl (C=O) groups is 14. The predicted molar refractivity (Wildman–Crippen MR) is 461 cm³/mol. The molecule has 5 aromatic carbocycles. The highest BCUT2D eigenvalue weighted by Gasteiger charge is 2.36. The molecule has 0 spiro atoms. The van der Waals surface area contributed by atoms with E-state index in [0.717, 1.165) is 0 Å². The number of carboxylic acids is 2. The number of phenolic OH excluding ortho intramolecular Hbond substituents is 1. The lowest BCUT2D eigenvalue weighted by molar-refractivity contribution is -0.137. The fourth-order valence-electron chi connectivity index (χ4n) is 15.1. The molecule has 1 aliphatic carbocycles. The first-order valence-electron chi connectivity index (χ1n) is 41.2. The minimum Gasteiger partial charge on any atom is -0.508 e.